The van der Waals surface area contributed by atoms with E-state index in [0.717, 1.165) is 26.9 Å². The summed E-state index contributed by atoms with van der Waals surface area (Å²) in [5, 5.41) is 0.769. The Balaban J connectivity index is 2.30. The number of nitrogens with zero attached hydrogens (tertiary/aromatic N) is 1. The lowest BCUT2D eigenvalue weighted by molar-refractivity contribution is 1.04. The Bertz CT molecular complexity index is 801. The van der Waals surface area contributed by atoms with Gasteiger partial charge in [0.2, 0.25) is 0 Å². The maximum Gasteiger partial charge on any atom is 0.273 e. The standard InChI is InChI=1S/C15H14N2OS/c1-10-6-7-11(9-16)8-13(10)17-15(18)12-4-2-3-5-14(12)19-17/h2-8H,9,16H2,1H3. The van der Waals surface area contributed by atoms with Crippen LogP contribution in [0.3, 0.4) is 0 Å². The maximum atomic E-state index is 12.4. The molecule has 1 heterocycles. The Morgan fingerprint density at radius 2 is 2.00 bits per heavy atom. The van der Waals surface area contributed by atoms with Crippen LogP contribution < -0.4 is 11.3 Å². The van der Waals surface area contributed by atoms with Crippen molar-refractivity contribution in [3.63, 3.8) is 0 Å². The van der Waals surface area contributed by atoms with Gasteiger partial charge >= 0.3 is 0 Å². The molecule has 0 spiro atoms. The third-order valence-corrected chi connectivity index (χ3v) is 4.32. The second-order valence-corrected chi connectivity index (χ2v) is 5.50. The lowest BCUT2D eigenvalue weighted by Gasteiger charge is -2.07. The number of hydrogen-bond donors (Lipinski definition) is 1. The molecule has 3 rings (SSSR count). The molecular formula is C15H14N2OS. The number of aryl methyl sites for hydroxylation is 1. The van der Waals surface area contributed by atoms with Gasteiger partial charge in [0.1, 0.15) is 0 Å². The Morgan fingerprint density at radius 3 is 2.74 bits per heavy atom. The van der Waals surface area contributed by atoms with Crippen LogP contribution in [0.1, 0.15) is 11.1 Å². The fraction of sp³-hybridized carbons (Fsp3) is 0.133. The van der Waals surface area contributed by atoms with E-state index < -0.39 is 0 Å². The van der Waals surface area contributed by atoms with Gasteiger partial charge in [-0.1, -0.05) is 35.8 Å². The maximum absolute atomic E-state index is 12.4. The first-order valence-corrected chi connectivity index (χ1v) is 6.89. The van der Waals surface area contributed by atoms with Gasteiger partial charge < -0.3 is 5.73 Å². The quantitative estimate of drug-likeness (QED) is 0.778. The van der Waals surface area contributed by atoms with Crippen LogP contribution in [0.25, 0.3) is 15.8 Å². The summed E-state index contributed by atoms with van der Waals surface area (Å²) in [5.41, 5.74) is 8.75. The monoisotopic (exact) mass is 270 g/mol. The highest BCUT2D eigenvalue weighted by molar-refractivity contribution is 7.14. The van der Waals surface area contributed by atoms with Crippen molar-refractivity contribution >= 4 is 21.6 Å². The van der Waals surface area contributed by atoms with Crippen molar-refractivity contribution in [1.29, 1.82) is 0 Å². The molecule has 0 unspecified atom stereocenters. The minimum absolute atomic E-state index is 0.0397. The zero-order valence-electron chi connectivity index (χ0n) is 10.6. The van der Waals surface area contributed by atoms with Crippen LogP contribution in [0.15, 0.2) is 47.3 Å². The number of benzene rings is 2. The van der Waals surface area contributed by atoms with Gasteiger partial charge in [-0.25, -0.2) is 3.96 Å². The molecule has 0 saturated heterocycles. The summed E-state index contributed by atoms with van der Waals surface area (Å²) in [5.74, 6) is 0. The van der Waals surface area contributed by atoms with Crippen molar-refractivity contribution in [2.75, 3.05) is 0 Å². The molecule has 3 nitrogen and oxygen atoms in total. The van der Waals surface area contributed by atoms with Crippen molar-refractivity contribution in [3.8, 4) is 5.69 Å². The van der Waals surface area contributed by atoms with E-state index in [-0.39, 0.29) is 5.56 Å². The Morgan fingerprint density at radius 1 is 1.21 bits per heavy atom. The molecular weight excluding hydrogens is 256 g/mol. The number of rotatable bonds is 2. The zero-order valence-corrected chi connectivity index (χ0v) is 11.4. The lowest BCUT2D eigenvalue weighted by atomic mass is 10.1. The van der Waals surface area contributed by atoms with Crippen LogP contribution in [0.4, 0.5) is 0 Å². The summed E-state index contributed by atoms with van der Waals surface area (Å²) >= 11 is 1.47. The third-order valence-electron chi connectivity index (χ3n) is 3.22. The lowest BCUT2D eigenvalue weighted by Crippen LogP contribution is -2.12. The van der Waals surface area contributed by atoms with E-state index in [1.807, 2.05) is 49.4 Å². The van der Waals surface area contributed by atoms with Crippen molar-refractivity contribution in [2.24, 2.45) is 5.73 Å². The first-order chi connectivity index (χ1) is 9.20. The number of fused-ring (bicyclic) bond motifs is 1. The van der Waals surface area contributed by atoms with Gasteiger partial charge in [-0.3, -0.25) is 4.79 Å². The van der Waals surface area contributed by atoms with E-state index in [1.54, 1.807) is 3.96 Å². The predicted octanol–water partition coefficient (Wildman–Crippen LogP) is 2.82. The summed E-state index contributed by atoms with van der Waals surface area (Å²) in [6.07, 6.45) is 0. The molecule has 2 aromatic carbocycles. The summed E-state index contributed by atoms with van der Waals surface area (Å²) in [4.78, 5) is 12.4. The highest BCUT2D eigenvalue weighted by Gasteiger charge is 2.10. The molecule has 0 bridgehead atoms. The van der Waals surface area contributed by atoms with Gasteiger partial charge in [0, 0.05) is 6.54 Å². The molecule has 3 aromatic rings. The molecule has 4 heteroatoms. The smallest absolute Gasteiger partial charge is 0.273 e. The van der Waals surface area contributed by atoms with Crippen LogP contribution in [0.2, 0.25) is 0 Å². The molecule has 0 fully saturated rings. The Kier molecular flexibility index (Phi) is 2.97. The van der Waals surface area contributed by atoms with Gasteiger partial charge in [-0.05, 0) is 36.2 Å². The second-order valence-electron chi connectivity index (χ2n) is 4.51. The number of hydrogen-bond acceptors (Lipinski definition) is 3. The van der Waals surface area contributed by atoms with E-state index in [9.17, 15) is 4.79 Å². The minimum Gasteiger partial charge on any atom is -0.326 e. The van der Waals surface area contributed by atoms with Gasteiger partial charge in [0.05, 0.1) is 15.8 Å². The van der Waals surface area contributed by atoms with Crippen LogP contribution in [0, 0.1) is 6.92 Å². The fourth-order valence-corrected chi connectivity index (χ4v) is 3.20. The first-order valence-electron chi connectivity index (χ1n) is 6.12. The van der Waals surface area contributed by atoms with Crippen LogP contribution >= 0.6 is 11.5 Å². The average Bonchev–Trinajstić information content (AvgIpc) is 2.77. The molecule has 96 valence electrons. The van der Waals surface area contributed by atoms with E-state index in [2.05, 4.69) is 0 Å². The highest BCUT2D eigenvalue weighted by atomic mass is 32.1. The van der Waals surface area contributed by atoms with E-state index >= 15 is 0 Å². The molecule has 1 aromatic heterocycles. The Hall–Kier alpha value is -1.91. The van der Waals surface area contributed by atoms with E-state index in [4.69, 9.17) is 5.73 Å². The van der Waals surface area contributed by atoms with E-state index in [1.165, 1.54) is 11.5 Å². The Labute approximate surface area is 115 Å². The van der Waals surface area contributed by atoms with Gasteiger partial charge in [-0.2, -0.15) is 0 Å². The molecule has 0 aliphatic rings. The highest BCUT2D eigenvalue weighted by Crippen LogP contribution is 2.22. The summed E-state index contributed by atoms with van der Waals surface area (Å²) < 4.78 is 2.75. The molecule has 0 atom stereocenters. The zero-order chi connectivity index (χ0) is 13.4. The van der Waals surface area contributed by atoms with Gasteiger partial charge in [-0.15, -0.1) is 0 Å². The van der Waals surface area contributed by atoms with Gasteiger partial charge in [0.15, 0.2) is 0 Å². The van der Waals surface area contributed by atoms with Crippen molar-refractivity contribution in [2.45, 2.75) is 13.5 Å². The summed E-state index contributed by atoms with van der Waals surface area (Å²) in [6, 6.07) is 13.7. The average molecular weight is 270 g/mol. The molecule has 0 radical (unpaired) electrons. The fourth-order valence-electron chi connectivity index (χ4n) is 2.13. The van der Waals surface area contributed by atoms with Crippen LogP contribution in [-0.2, 0) is 6.54 Å². The first kappa shape index (κ1) is 12.1. The number of aromatic nitrogens is 1. The topological polar surface area (TPSA) is 48.0 Å². The largest absolute Gasteiger partial charge is 0.326 e. The molecule has 0 aliphatic heterocycles. The van der Waals surface area contributed by atoms with Crippen LogP contribution in [0.5, 0.6) is 0 Å². The SMILES string of the molecule is Cc1ccc(CN)cc1-n1sc2ccccc2c1=O. The molecule has 0 aliphatic carbocycles. The normalized spacial score (nSPS) is 11.1. The third kappa shape index (κ3) is 1.99. The minimum atomic E-state index is 0.0397. The molecule has 2 N–H and O–H groups in total. The second kappa shape index (κ2) is 4.64. The molecule has 0 saturated carbocycles. The van der Waals surface area contributed by atoms with Crippen molar-refractivity contribution in [1.82, 2.24) is 3.96 Å². The predicted molar refractivity (Wildman–Crippen MR) is 80.1 cm³/mol. The molecule has 19 heavy (non-hydrogen) atoms. The van der Waals surface area contributed by atoms with Crippen molar-refractivity contribution < 1.29 is 0 Å². The van der Waals surface area contributed by atoms with Crippen LogP contribution in [-0.4, -0.2) is 3.96 Å². The summed E-state index contributed by atoms with van der Waals surface area (Å²) in [6.45, 7) is 2.49. The van der Waals surface area contributed by atoms with Crippen molar-refractivity contribution in [3.05, 3.63) is 63.9 Å². The summed E-state index contributed by atoms with van der Waals surface area (Å²) in [7, 11) is 0. The van der Waals surface area contributed by atoms with E-state index in [0.29, 0.717) is 6.54 Å². The molecule has 0 amide bonds. The number of nitrogens with two attached hydrogens (primary N) is 1. The van der Waals surface area contributed by atoms with Gasteiger partial charge in [0.25, 0.3) is 5.56 Å².